The maximum atomic E-state index is 13.3. The Bertz CT molecular complexity index is 807. The molecule has 29 heavy (non-hydrogen) atoms. The molecule has 2 amide bonds. The summed E-state index contributed by atoms with van der Waals surface area (Å²) in [5, 5.41) is 2.96. The number of nitrogens with one attached hydrogen (secondary N) is 1. The third-order valence-electron chi connectivity index (χ3n) is 5.05. The van der Waals surface area contributed by atoms with Crippen LogP contribution in [-0.4, -0.2) is 29.3 Å². The van der Waals surface area contributed by atoms with Crippen molar-refractivity contribution in [3.05, 3.63) is 70.3 Å². The number of nitrogens with zero attached hydrogens (tertiary/aromatic N) is 1. The number of hydrogen-bond acceptors (Lipinski definition) is 2. The fourth-order valence-electron chi connectivity index (χ4n) is 3.62. The first-order valence-corrected chi connectivity index (χ1v) is 10.5. The molecule has 0 aliphatic carbocycles. The monoisotopic (exact) mass is 394 g/mol. The van der Waals surface area contributed by atoms with Gasteiger partial charge in [0.15, 0.2) is 0 Å². The lowest BCUT2D eigenvalue weighted by Gasteiger charge is -2.31. The van der Waals surface area contributed by atoms with Gasteiger partial charge in [-0.1, -0.05) is 73.0 Å². The Balaban J connectivity index is 2.29. The maximum Gasteiger partial charge on any atom is 0.242 e. The average Bonchev–Trinajstić information content (AvgIpc) is 2.66. The van der Waals surface area contributed by atoms with Gasteiger partial charge in [0, 0.05) is 13.1 Å². The van der Waals surface area contributed by atoms with Crippen LogP contribution in [0.3, 0.4) is 0 Å². The summed E-state index contributed by atoms with van der Waals surface area (Å²) in [6, 6.07) is 13.9. The normalized spacial score (nSPS) is 11.8. The molecule has 0 heterocycles. The van der Waals surface area contributed by atoms with Gasteiger partial charge in [-0.15, -0.1) is 0 Å². The third kappa shape index (κ3) is 6.74. The second kappa shape index (κ2) is 10.8. The molecule has 0 aliphatic rings. The Morgan fingerprint density at radius 1 is 0.897 bits per heavy atom. The van der Waals surface area contributed by atoms with Crippen LogP contribution in [0.4, 0.5) is 0 Å². The highest BCUT2D eigenvalue weighted by atomic mass is 16.2. The van der Waals surface area contributed by atoms with Crippen molar-refractivity contribution in [3.63, 3.8) is 0 Å². The summed E-state index contributed by atoms with van der Waals surface area (Å²) < 4.78 is 0. The van der Waals surface area contributed by atoms with Gasteiger partial charge < -0.3 is 10.2 Å². The van der Waals surface area contributed by atoms with Gasteiger partial charge in [-0.2, -0.15) is 0 Å². The summed E-state index contributed by atoms with van der Waals surface area (Å²) in [4.78, 5) is 27.9. The SMILES string of the molecule is CCCNC(=O)[C@@H](CC)N(Cc1ccc(C)cc1)C(=O)Cc1cc(C)cc(C)c1. The van der Waals surface area contributed by atoms with Gasteiger partial charge in [0.1, 0.15) is 6.04 Å². The minimum absolute atomic E-state index is 0.0194. The van der Waals surface area contributed by atoms with Crippen molar-refractivity contribution >= 4 is 11.8 Å². The topological polar surface area (TPSA) is 49.4 Å². The lowest BCUT2D eigenvalue weighted by Crippen LogP contribution is -2.49. The molecule has 0 saturated carbocycles. The first kappa shape index (κ1) is 22.7. The molecule has 0 saturated heterocycles. The maximum absolute atomic E-state index is 13.3. The summed E-state index contributed by atoms with van der Waals surface area (Å²) in [6.45, 7) is 11.2. The molecule has 0 aliphatic heterocycles. The van der Waals surface area contributed by atoms with E-state index in [1.807, 2.05) is 71.0 Å². The van der Waals surface area contributed by atoms with Crippen molar-refractivity contribution in [3.8, 4) is 0 Å². The molecule has 1 N–H and O–H groups in total. The molecule has 4 nitrogen and oxygen atoms in total. The lowest BCUT2D eigenvalue weighted by molar-refractivity contribution is -0.140. The van der Waals surface area contributed by atoms with Crippen molar-refractivity contribution in [2.75, 3.05) is 6.54 Å². The molecule has 0 aromatic heterocycles. The molecule has 156 valence electrons. The van der Waals surface area contributed by atoms with Crippen LogP contribution < -0.4 is 5.32 Å². The van der Waals surface area contributed by atoms with Crippen LogP contribution in [-0.2, 0) is 22.6 Å². The Morgan fingerprint density at radius 3 is 2.07 bits per heavy atom. The summed E-state index contributed by atoms with van der Waals surface area (Å²) >= 11 is 0. The highest BCUT2D eigenvalue weighted by Gasteiger charge is 2.28. The van der Waals surface area contributed by atoms with Gasteiger partial charge >= 0.3 is 0 Å². The number of carbonyl (C=O) groups is 2. The predicted octanol–water partition coefficient (Wildman–Crippen LogP) is 4.49. The molecule has 0 spiro atoms. The van der Waals surface area contributed by atoms with E-state index in [4.69, 9.17) is 0 Å². The van der Waals surface area contributed by atoms with Crippen molar-refractivity contribution < 1.29 is 9.59 Å². The van der Waals surface area contributed by atoms with E-state index in [0.717, 1.165) is 28.7 Å². The molecule has 4 heteroatoms. The molecule has 0 fully saturated rings. The van der Waals surface area contributed by atoms with Crippen molar-refractivity contribution in [1.82, 2.24) is 10.2 Å². The Morgan fingerprint density at radius 2 is 1.52 bits per heavy atom. The Hall–Kier alpha value is -2.62. The molecule has 2 aromatic carbocycles. The highest BCUT2D eigenvalue weighted by Crippen LogP contribution is 2.17. The molecule has 0 radical (unpaired) electrons. The van der Waals surface area contributed by atoms with Crippen molar-refractivity contribution in [2.24, 2.45) is 0 Å². The number of amides is 2. The van der Waals surface area contributed by atoms with Crippen LogP contribution in [0, 0.1) is 20.8 Å². The first-order chi connectivity index (χ1) is 13.8. The van der Waals surface area contributed by atoms with Crippen LogP contribution in [0.25, 0.3) is 0 Å². The molecular formula is C25H34N2O2. The van der Waals surface area contributed by atoms with E-state index in [-0.39, 0.29) is 11.8 Å². The zero-order valence-electron chi connectivity index (χ0n) is 18.4. The number of rotatable bonds is 9. The van der Waals surface area contributed by atoms with E-state index in [0.29, 0.717) is 25.9 Å². The van der Waals surface area contributed by atoms with E-state index in [9.17, 15) is 9.59 Å². The van der Waals surface area contributed by atoms with Crippen molar-refractivity contribution in [1.29, 1.82) is 0 Å². The largest absolute Gasteiger partial charge is 0.354 e. The predicted molar refractivity (Wildman–Crippen MR) is 119 cm³/mol. The molecule has 1 atom stereocenters. The quantitative estimate of drug-likeness (QED) is 0.681. The van der Waals surface area contributed by atoms with E-state index in [2.05, 4.69) is 11.4 Å². The molecule has 0 unspecified atom stereocenters. The number of carbonyl (C=O) groups excluding carboxylic acids is 2. The molecule has 0 bridgehead atoms. The van der Waals surface area contributed by atoms with Gasteiger partial charge in [0.2, 0.25) is 11.8 Å². The Kier molecular flexibility index (Phi) is 8.44. The fraction of sp³-hybridized carbons (Fsp3) is 0.440. The minimum atomic E-state index is -0.471. The third-order valence-corrected chi connectivity index (χ3v) is 5.05. The second-order valence-electron chi connectivity index (χ2n) is 7.90. The summed E-state index contributed by atoms with van der Waals surface area (Å²) in [5.41, 5.74) is 5.49. The highest BCUT2D eigenvalue weighted by molar-refractivity contribution is 5.88. The number of hydrogen-bond donors (Lipinski definition) is 1. The van der Waals surface area contributed by atoms with E-state index in [1.54, 1.807) is 4.90 Å². The van der Waals surface area contributed by atoms with Crippen molar-refractivity contribution in [2.45, 2.75) is 66.5 Å². The minimum Gasteiger partial charge on any atom is -0.354 e. The van der Waals surface area contributed by atoms with Gasteiger partial charge in [-0.05, 0) is 44.7 Å². The van der Waals surface area contributed by atoms with Gasteiger partial charge in [0.25, 0.3) is 0 Å². The van der Waals surface area contributed by atoms with Gasteiger partial charge in [-0.3, -0.25) is 9.59 Å². The smallest absolute Gasteiger partial charge is 0.242 e. The van der Waals surface area contributed by atoms with Crippen LogP contribution >= 0.6 is 0 Å². The van der Waals surface area contributed by atoms with Crippen LogP contribution in [0.2, 0.25) is 0 Å². The van der Waals surface area contributed by atoms with Crippen LogP contribution in [0.15, 0.2) is 42.5 Å². The second-order valence-corrected chi connectivity index (χ2v) is 7.90. The zero-order valence-corrected chi connectivity index (χ0v) is 18.4. The zero-order chi connectivity index (χ0) is 21.4. The summed E-state index contributed by atoms with van der Waals surface area (Å²) in [5.74, 6) is -0.0932. The number of aryl methyl sites for hydroxylation is 3. The van der Waals surface area contributed by atoms with Gasteiger partial charge in [-0.25, -0.2) is 0 Å². The first-order valence-electron chi connectivity index (χ1n) is 10.5. The lowest BCUT2D eigenvalue weighted by atomic mass is 10.0. The molecule has 2 rings (SSSR count). The number of benzene rings is 2. The summed E-state index contributed by atoms with van der Waals surface area (Å²) in [7, 11) is 0. The Labute approximate surface area is 175 Å². The van der Waals surface area contributed by atoms with E-state index < -0.39 is 6.04 Å². The standard InChI is InChI=1S/C25H34N2O2/c1-6-12-26-25(29)23(7-2)27(17-21-10-8-18(3)9-11-21)24(28)16-22-14-19(4)13-20(5)15-22/h8-11,13-15,23H,6-7,12,16-17H2,1-5H3,(H,26,29)/t23-/m1/s1. The van der Waals surface area contributed by atoms with Gasteiger partial charge in [0.05, 0.1) is 6.42 Å². The molecule has 2 aromatic rings. The van der Waals surface area contributed by atoms with Crippen LogP contribution in [0.1, 0.15) is 54.5 Å². The average molecular weight is 395 g/mol. The van der Waals surface area contributed by atoms with E-state index in [1.165, 1.54) is 5.56 Å². The van der Waals surface area contributed by atoms with E-state index >= 15 is 0 Å². The molecular weight excluding hydrogens is 360 g/mol. The van der Waals surface area contributed by atoms with Crippen LogP contribution in [0.5, 0.6) is 0 Å². The fourth-order valence-corrected chi connectivity index (χ4v) is 3.62. The summed E-state index contributed by atoms with van der Waals surface area (Å²) in [6.07, 6.45) is 1.75.